The van der Waals surface area contributed by atoms with Crippen LogP contribution >= 0.6 is 0 Å². The third-order valence-electron chi connectivity index (χ3n) is 10.6. The standard InChI is InChI=1S/C38H38N4O3S/c43-36-37(21-23-39-27-37)22-24-41(36)42-33-19-8-7-18-32(33)35(40-42)38(29-13-3-1-4-14-29,30-15-5-2-6-16-30)31-17-11-12-28(26-31)34-20-9-10-25-46(34,44)45/h1-8,11-19,26,34,39H,9-10,20-25,27H2/t34?,37-/m0/s1. The number of nitrogens with zero attached hydrogens (tertiary/aromatic N) is 3. The van der Waals surface area contributed by atoms with Gasteiger partial charge in [0, 0.05) is 18.5 Å². The van der Waals surface area contributed by atoms with Gasteiger partial charge in [0.25, 0.3) is 0 Å². The molecule has 1 unspecified atom stereocenters. The zero-order chi connectivity index (χ0) is 31.4. The summed E-state index contributed by atoms with van der Waals surface area (Å²) in [5.41, 5.74) is 4.19. The molecule has 1 N–H and O–H groups in total. The van der Waals surface area contributed by atoms with Gasteiger partial charge in [-0.05, 0) is 60.5 Å². The highest BCUT2D eigenvalue weighted by atomic mass is 32.2. The number of rotatable bonds is 6. The van der Waals surface area contributed by atoms with Gasteiger partial charge in [-0.3, -0.25) is 4.79 Å². The maximum Gasteiger partial charge on any atom is 0.250 e. The molecule has 8 heteroatoms. The summed E-state index contributed by atoms with van der Waals surface area (Å²) < 4.78 is 26.7. The molecule has 2 atom stereocenters. The van der Waals surface area contributed by atoms with E-state index < -0.39 is 20.5 Å². The number of fused-ring (bicyclic) bond motifs is 1. The number of benzene rings is 4. The molecule has 3 aliphatic rings. The Morgan fingerprint density at radius 2 is 1.50 bits per heavy atom. The molecule has 46 heavy (non-hydrogen) atoms. The summed E-state index contributed by atoms with van der Waals surface area (Å²) in [5, 5.41) is 11.1. The van der Waals surface area contributed by atoms with Crippen molar-refractivity contribution in [1.82, 2.24) is 15.2 Å². The molecule has 5 aromatic rings. The topological polar surface area (TPSA) is 84.3 Å². The lowest BCUT2D eigenvalue weighted by Gasteiger charge is -2.36. The normalized spacial score (nSPS) is 23.0. The summed E-state index contributed by atoms with van der Waals surface area (Å²) in [5.74, 6) is 0.340. The highest BCUT2D eigenvalue weighted by Gasteiger charge is 2.50. The minimum atomic E-state index is -3.26. The molecule has 0 radical (unpaired) electrons. The van der Waals surface area contributed by atoms with Crippen LogP contribution in [0, 0.1) is 5.41 Å². The average molecular weight is 631 g/mol. The van der Waals surface area contributed by atoms with Crippen molar-refractivity contribution in [2.24, 2.45) is 5.41 Å². The van der Waals surface area contributed by atoms with Gasteiger partial charge in [0.2, 0.25) is 5.91 Å². The Morgan fingerprint density at radius 3 is 2.20 bits per heavy atom. The second-order valence-corrected chi connectivity index (χ2v) is 15.4. The van der Waals surface area contributed by atoms with Gasteiger partial charge in [0.1, 0.15) is 0 Å². The summed E-state index contributed by atoms with van der Waals surface area (Å²) in [6.45, 7) is 2.15. The number of carbonyl (C=O) groups is 1. The molecule has 7 nitrogen and oxygen atoms in total. The van der Waals surface area contributed by atoms with E-state index in [0.29, 0.717) is 25.9 Å². The van der Waals surface area contributed by atoms with Crippen molar-refractivity contribution in [3.8, 4) is 0 Å². The van der Waals surface area contributed by atoms with Crippen LogP contribution in [0.1, 0.15) is 65.3 Å². The van der Waals surface area contributed by atoms with E-state index in [2.05, 4.69) is 47.8 Å². The van der Waals surface area contributed by atoms with Gasteiger partial charge in [0.05, 0.1) is 33.0 Å². The molecule has 0 saturated carbocycles. The average Bonchev–Trinajstić information content (AvgIpc) is 3.81. The lowest BCUT2D eigenvalue weighted by Crippen LogP contribution is -2.43. The van der Waals surface area contributed by atoms with Gasteiger partial charge in [-0.1, -0.05) is 110 Å². The smallest absolute Gasteiger partial charge is 0.250 e. The van der Waals surface area contributed by atoms with Crippen LogP contribution in [0.25, 0.3) is 10.9 Å². The van der Waals surface area contributed by atoms with Crippen LogP contribution in [0.2, 0.25) is 0 Å². The van der Waals surface area contributed by atoms with Gasteiger partial charge in [-0.25, -0.2) is 13.4 Å². The molecule has 3 saturated heterocycles. The van der Waals surface area contributed by atoms with Crippen molar-refractivity contribution in [2.75, 3.05) is 30.4 Å². The first-order valence-electron chi connectivity index (χ1n) is 16.4. The van der Waals surface area contributed by atoms with Crippen LogP contribution in [0.5, 0.6) is 0 Å². The number of aromatic nitrogens is 2. The van der Waals surface area contributed by atoms with E-state index in [4.69, 9.17) is 5.10 Å². The van der Waals surface area contributed by atoms with E-state index in [1.54, 1.807) is 0 Å². The maximum atomic E-state index is 14.1. The van der Waals surface area contributed by atoms with Crippen molar-refractivity contribution < 1.29 is 13.2 Å². The SMILES string of the molecule is O=C1N(n2nc(C(c3ccccc3)(c3ccccc3)c3cccc(C4CCCCS4(=O)=O)c3)c3ccccc32)CC[C@]12CCNC2. The van der Waals surface area contributed by atoms with Crippen LogP contribution in [-0.2, 0) is 20.0 Å². The lowest BCUT2D eigenvalue weighted by molar-refractivity contribution is -0.126. The number of nitrogens with one attached hydrogen (secondary N) is 1. The van der Waals surface area contributed by atoms with E-state index in [1.165, 1.54) is 0 Å². The summed E-state index contributed by atoms with van der Waals surface area (Å²) in [6, 6.07) is 37.0. The molecule has 3 fully saturated rings. The number of hydrogen-bond donors (Lipinski definition) is 1. The number of hydrogen-bond acceptors (Lipinski definition) is 5. The number of para-hydroxylation sites is 1. The molecular weight excluding hydrogens is 593 g/mol. The zero-order valence-corrected chi connectivity index (χ0v) is 26.6. The van der Waals surface area contributed by atoms with Gasteiger partial charge >= 0.3 is 0 Å². The molecule has 1 amide bonds. The third kappa shape index (κ3) is 4.45. The molecular formula is C38H38N4O3S. The predicted octanol–water partition coefficient (Wildman–Crippen LogP) is 5.91. The summed E-state index contributed by atoms with van der Waals surface area (Å²) in [4.78, 5) is 15.9. The monoisotopic (exact) mass is 630 g/mol. The molecule has 234 valence electrons. The summed E-state index contributed by atoms with van der Waals surface area (Å²) >= 11 is 0. The molecule has 3 aliphatic heterocycles. The number of amides is 1. The van der Waals surface area contributed by atoms with E-state index in [0.717, 1.165) is 64.7 Å². The Morgan fingerprint density at radius 1 is 0.804 bits per heavy atom. The maximum absolute atomic E-state index is 14.1. The van der Waals surface area contributed by atoms with Crippen molar-refractivity contribution in [1.29, 1.82) is 0 Å². The molecule has 0 bridgehead atoms. The fraction of sp³-hybridized carbons (Fsp3) is 0.316. The minimum Gasteiger partial charge on any atom is -0.316 e. The Balaban J connectivity index is 1.42. The number of carbonyl (C=O) groups excluding carboxylic acids is 1. The second-order valence-electron chi connectivity index (χ2n) is 13.1. The van der Waals surface area contributed by atoms with Crippen LogP contribution in [0.15, 0.2) is 109 Å². The van der Waals surface area contributed by atoms with E-state index in [9.17, 15) is 13.2 Å². The van der Waals surface area contributed by atoms with Crippen molar-refractivity contribution in [3.05, 3.63) is 137 Å². The van der Waals surface area contributed by atoms with Crippen LogP contribution in [0.3, 0.4) is 0 Å². The first kappa shape index (κ1) is 29.2. The van der Waals surface area contributed by atoms with Gasteiger partial charge in [0.15, 0.2) is 9.84 Å². The molecule has 4 aromatic carbocycles. The van der Waals surface area contributed by atoms with Crippen molar-refractivity contribution >= 4 is 26.6 Å². The second kappa shape index (κ2) is 11.2. The molecule has 0 aliphatic carbocycles. The lowest BCUT2D eigenvalue weighted by atomic mass is 9.66. The van der Waals surface area contributed by atoms with E-state index in [-0.39, 0.29) is 17.1 Å². The van der Waals surface area contributed by atoms with Gasteiger partial charge < -0.3 is 5.32 Å². The first-order valence-corrected chi connectivity index (χ1v) is 18.1. The van der Waals surface area contributed by atoms with Gasteiger partial charge in [-0.15, -0.1) is 0 Å². The van der Waals surface area contributed by atoms with Crippen LogP contribution in [-0.4, -0.2) is 49.6 Å². The summed E-state index contributed by atoms with van der Waals surface area (Å²) in [7, 11) is -3.26. The molecule has 8 rings (SSSR count). The quantitative estimate of drug-likeness (QED) is 0.236. The van der Waals surface area contributed by atoms with Gasteiger partial charge in [-0.2, -0.15) is 9.89 Å². The summed E-state index contributed by atoms with van der Waals surface area (Å²) in [6.07, 6.45) is 3.87. The Bertz CT molecular complexity index is 1980. The Labute approximate surface area is 270 Å². The third-order valence-corrected chi connectivity index (χ3v) is 12.8. The zero-order valence-electron chi connectivity index (χ0n) is 25.8. The Kier molecular flexibility index (Phi) is 7.10. The van der Waals surface area contributed by atoms with Crippen LogP contribution < -0.4 is 10.3 Å². The van der Waals surface area contributed by atoms with E-state index >= 15 is 0 Å². The Hall–Kier alpha value is -4.27. The highest BCUT2D eigenvalue weighted by molar-refractivity contribution is 7.91. The highest BCUT2D eigenvalue weighted by Crippen LogP contribution is 2.48. The van der Waals surface area contributed by atoms with Crippen LogP contribution in [0.4, 0.5) is 0 Å². The largest absolute Gasteiger partial charge is 0.316 e. The first-order chi connectivity index (χ1) is 22.4. The minimum absolute atomic E-state index is 0.117. The molecule has 4 heterocycles. The fourth-order valence-electron chi connectivity index (χ4n) is 8.22. The van der Waals surface area contributed by atoms with Crippen molar-refractivity contribution in [2.45, 2.75) is 42.8 Å². The fourth-order valence-corrected chi connectivity index (χ4v) is 10.2. The van der Waals surface area contributed by atoms with Crippen molar-refractivity contribution in [3.63, 3.8) is 0 Å². The molecule has 1 spiro atoms. The van der Waals surface area contributed by atoms with E-state index in [1.807, 2.05) is 76.5 Å². The number of sulfone groups is 1. The molecule has 1 aromatic heterocycles. The predicted molar refractivity (Wildman–Crippen MR) is 181 cm³/mol.